The van der Waals surface area contributed by atoms with Crippen molar-refractivity contribution in [2.75, 3.05) is 26.7 Å². The smallest absolute Gasteiger partial charge is 0.208 e. The van der Waals surface area contributed by atoms with E-state index in [1.165, 1.54) is 32.2 Å². The molecule has 1 saturated heterocycles. The van der Waals surface area contributed by atoms with Gasteiger partial charge in [-0.05, 0) is 38.8 Å². The molecule has 98 valence electrons. The highest BCUT2D eigenvalue weighted by atomic mass is 15.4. The van der Waals surface area contributed by atoms with E-state index in [1.54, 1.807) is 0 Å². The lowest BCUT2D eigenvalue weighted by Crippen LogP contribution is -2.48. The number of hydrazine groups is 1. The zero-order valence-electron chi connectivity index (χ0n) is 11.0. The van der Waals surface area contributed by atoms with Crippen molar-refractivity contribution in [3.8, 4) is 0 Å². The second kappa shape index (κ2) is 5.69. The zero-order chi connectivity index (χ0) is 12.3. The van der Waals surface area contributed by atoms with Crippen LogP contribution >= 0.6 is 0 Å². The minimum atomic E-state index is 0.509. The Bertz CT molecular complexity index is 274. The van der Waals surface area contributed by atoms with E-state index < -0.39 is 0 Å². The van der Waals surface area contributed by atoms with Gasteiger partial charge in [-0.15, -0.1) is 0 Å². The molecule has 0 radical (unpaired) electrons. The van der Waals surface area contributed by atoms with Crippen molar-refractivity contribution in [2.45, 2.75) is 44.7 Å². The van der Waals surface area contributed by atoms with Crippen molar-refractivity contribution in [1.82, 2.24) is 15.2 Å². The Morgan fingerprint density at radius 1 is 1.47 bits per heavy atom. The van der Waals surface area contributed by atoms with E-state index in [0.717, 1.165) is 19.0 Å². The lowest BCUT2D eigenvalue weighted by atomic mass is 10.2. The molecule has 0 bridgehead atoms. The highest BCUT2D eigenvalue weighted by molar-refractivity contribution is 5.79. The quantitative estimate of drug-likeness (QED) is 0.322. The summed E-state index contributed by atoms with van der Waals surface area (Å²) in [5.74, 6) is 6.40. The number of guanidine groups is 1. The third kappa shape index (κ3) is 3.33. The van der Waals surface area contributed by atoms with Crippen LogP contribution in [0.1, 0.15) is 32.6 Å². The summed E-state index contributed by atoms with van der Waals surface area (Å²) in [6, 6.07) is 1.16. The van der Waals surface area contributed by atoms with E-state index in [9.17, 15) is 0 Å². The molecular formula is C12H25N5. The molecule has 1 heterocycles. The molecule has 1 atom stereocenters. The van der Waals surface area contributed by atoms with Gasteiger partial charge in [-0.1, -0.05) is 6.92 Å². The molecule has 0 aromatic rings. The molecule has 2 rings (SSSR count). The van der Waals surface area contributed by atoms with Crippen molar-refractivity contribution in [3.05, 3.63) is 0 Å². The van der Waals surface area contributed by atoms with E-state index in [4.69, 9.17) is 5.84 Å². The Hall–Kier alpha value is -0.810. The normalized spacial score (nSPS) is 26.3. The van der Waals surface area contributed by atoms with Gasteiger partial charge in [0, 0.05) is 19.6 Å². The molecule has 0 amide bonds. The summed E-state index contributed by atoms with van der Waals surface area (Å²) in [5.41, 5.74) is 2.74. The van der Waals surface area contributed by atoms with E-state index >= 15 is 0 Å². The molecule has 1 aliphatic carbocycles. The summed E-state index contributed by atoms with van der Waals surface area (Å²) in [4.78, 5) is 9.29. The van der Waals surface area contributed by atoms with E-state index in [-0.39, 0.29) is 0 Å². The number of aliphatic imine (C=N–C) groups is 1. The number of nitrogens with two attached hydrogens (primary N) is 1. The molecule has 1 aliphatic heterocycles. The average Bonchev–Trinajstić information content (AvgIpc) is 3.04. The van der Waals surface area contributed by atoms with E-state index in [0.29, 0.717) is 12.1 Å². The summed E-state index contributed by atoms with van der Waals surface area (Å²) >= 11 is 0. The van der Waals surface area contributed by atoms with Gasteiger partial charge in [0.15, 0.2) is 0 Å². The Morgan fingerprint density at radius 3 is 2.82 bits per heavy atom. The van der Waals surface area contributed by atoms with Crippen LogP contribution in [-0.4, -0.2) is 54.5 Å². The molecule has 3 N–H and O–H groups in total. The van der Waals surface area contributed by atoms with Gasteiger partial charge in [0.2, 0.25) is 5.96 Å². The fourth-order valence-electron chi connectivity index (χ4n) is 2.54. The van der Waals surface area contributed by atoms with Gasteiger partial charge in [0.25, 0.3) is 0 Å². The topological polar surface area (TPSA) is 56.9 Å². The molecular weight excluding hydrogens is 214 g/mol. The van der Waals surface area contributed by atoms with Crippen molar-refractivity contribution in [3.63, 3.8) is 0 Å². The van der Waals surface area contributed by atoms with E-state index in [2.05, 4.69) is 34.2 Å². The molecule has 0 aromatic heterocycles. The molecule has 0 aromatic carbocycles. The maximum atomic E-state index is 5.56. The first-order valence-electron chi connectivity index (χ1n) is 6.74. The molecule has 2 aliphatic rings. The summed E-state index contributed by atoms with van der Waals surface area (Å²) in [6.45, 7) is 5.63. The highest BCUT2D eigenvalue weighted by Crippen LogP contribution is 2.24. The minimum absolute atomic E-state index is 0.509. The first-order chi connectivity index (χ1) is 8.24. The van der Waals surface area contributed by atoms with Crippen LogP contribution in [-0.2, 0) is 0 Å². The van der Waals surface area contributed by atoms with Crippen LogP contribution in [0.25, 0.3) is 0 Å². The maximum Gasteiger partial charge on any atom is 0.208 e. The number of likely N-dealkylation sites (N-methyl/N-ethyl adjacent to an activating group) is 2. The Labute approximate surface area is 104 Å². The zero-order valence-corrected chi connectivity index (χ0v) is 11.0. The largest absolute Gasteiger partial charge is 0.343 e. The first kappa shape index (κ1) is 12.6. The van der Waals surface area contributed by atoms with Crippen LogP contribution in [0.3, 0.4) is 0 Å². The third-order valence-corrected chi connectivity index (χ3v) is 3.73. The van der Waals surface area contributed by atoms with Gasteiger partial charge >= 0.3 is 0 Å². The number of nitrogens with one attached hydrogen (secondary N) is 1. The first-order valence-corrected chi connectivity index (χ1v) is 6.74. The van der Waals surface area contributed by atoms with Crippen molar-refractivity contribution in [2.24, 2.45) is 10.8 Å². The molecule has 17 heavy (non-hydrogen) atoms. The predicted molar refractivity (Wildman–Crippen MR) is 70.7 cm³/mol. The van der Waals surface area contributed by atoms with Crippen LogP contribution < -0.4 is 11.3 Å². The van der Waals surface area contributed by atoms with Gasteiger partial charge in [0.1, 0.15) is 0 Å². The number of nitrogens with zero attached hydrogens (tertiary/aromatic N) is 3. The predicted octanol–water partition coefficient (Wildman–Crippen LogP) is 0.384. The fraction of sp³-hybridized carbons (Fsp3) is 0.917. The fourth-order valence-corrected chi connectivity index (χ4v) is 2.54. The number of likely N-dealkylation sites (tertiary alicyclic amines) is 1. The second-order valence-electron chi connectivity index (χ2n) is 5.13. The van der Waals surface area contributed by atoms with Gasteiger partial charge < -0.3 is 4.90 Å². The van der Waals surface area contributed by atoms with Crippen LogP contribution in [0.4, 0.5) is 0 Å². The van der Waals surface area contributed by atoms with E-state index in [1.807, 2.05) is 0 Å². The monoisotopic (exact) mass is 239 g/mol. The molecule has 5 nitrogen and oxygen atoms in total. The summed E-state index contributed by atoms with van der Waals surface area (Å²) in [7, 11) is 2.08. The molecule has 2 fully saturated rings. The van der Waals surface area contributed by atoms with Crippen molar-refractivity contribution in [1.29, 1.82) is 0 Å². The Kier molecular flexibility index (Phi) is 4.23. The SMILES string of the molecule is CCN1CCCC1CN(C)C(=NC1CC1)NN. The Balaban J connectivity index is 1.88. The maximum absolute atomic E-state index is 5.56. The third-order valence-electron chi connectivity index (χ3n) is 3.73. The molecule has 0 spiro atoms. The van der Waals surface area contributed by atoms with Crippen LogP contribution in [0.2, 0.25) is 0 Å². The summed E-state index contributed by atoms with van der Waals surface area (Å²) < 4.78 is 0. The van der Waals surface area contributed by atoms with Gasteiger partial charge in [0.05, 0.1) is 6.04 Å². The van der Waals surface area contributed by atoms with Crippen LogP contribution in [0.15, 0.2) is 4.99 Å². The lowest BCUT2D eigenvalue weighted by Gasteiger charge is -2.29. The highest BCUT2D eigenvalue weighted by Gasteiger charge is 2.26. The summed E-state index contributed by atoms with van der Waals surface area (Å²) in [6.07, 6.45) is 5.03. The molecule has 1 saturated carbocycles. The van der Waals surface area contributed by atoms with Crippen molar-refractivity contribution < 1.29 is 0 Å². The molecule has 1 unspecified atom stereocenters. The van der Waals surface area contributed by atoms with Gasteiger partial charge in [-0.2, -0.15) is 0 Å². The summed E-state index contributed by atoms with van der Waals surface area (Å²) in [5, 5.41) is 0. The number of rotatable bonds is 4. The minimum Gasteiger partial charge on any atom is -0.343 e. The second-order valence-corrected chi connectivity index (χ2v) is 5.13. The average molecular weight is 239 g/mol. The number of hydrogen-bond acceptors (Lipinski definition) is 3. The van der Waals surface area contributed by atoms with Crippen molar-refractivity contribution >= 4 is 5.96 Å². The van der Waals surface area contributed by atoms with Gasteiger partial charge in [-0.25, -0.2) is 10.8 Å². The Morgan fingerprint density at radius 2 is 2.24 bits per heavy atom. The van der Waals surface area contributed by atoms with Crippen LogP contribution in [0.5, 0.6) is 0 Å². The molecule has 5 heteroatoms. The standard InChI is InChI=1S/C12H25N5/c1-3-17-8-4-5-11(17)9-16(2)12(15-13)14-10-6-7-10/h10-11H,3-9,13H2,1-2H3,(H,14,15). The van der Waals surface area contributed by atoms with Gasteiger partial charge in [-0.3, -0.25) is 10.3 Å². The van der Waals surface area contributed by atoms with Crippen LogP contribution in [0, 0.1) is 0 Å². The lowest BCUT2D eigenvalue weighted by molar-refractivity contribution is 0.232. The number of hydrogen-bond donors (Lipinski definition) is 2.